The van der Waals surface area contributed by atoms with Gasteiger partial charge in [0.1, 0.15) is 5.82 Å². The van der Waals surface area contributed by atoms with Gasteiger partial charge in [0.2, 0.25) is 0 Å². The van der Waals surface area contributed by atoms with Crippen molar-refractivity contribution >= 4 is 17.7 Å². The second-order valence-electron chi connectivity index (χ2n) is 4.88. The third kappa shape index (κ3) is 4.32. The highest BCUT2D eigenvalue weighted by molar-refractivity contribution is 7.97. The molecule has 2 N–H and O–H groups in total. The Balaban J connectivity index is 2.02. The van der Waals surface area contributed by atoms with E-state index in [0.29, 0.717) is 11.3 Å². The lowest BCUT2D eigenvalue weighted by molar-refractivity contribution is -0.129. The molecule has 5 heteroatoms. The van der Waals surface area contributed by atoms with Gasteiger partial charge < -0.3 is 10.4 Å². The summed E-state index contributed by atoms with van der Waals surface area (Å²) in [5, 5.41) is 12.7. The largest absolute Gasteiger partial charge is 0.378 e. The van der Waals surface area contributed by atoms with Crippen LogP contribution >= 0.6 is 11.8 Å². The Bertz CT molecular complexity index is 634. The van der Waals surface area contributed by atoms with Gasteiger partial charge in [-0.05, 0) is 35.1 Å². The fourth-order valence-corrected chi connectivity index (χ4v) is 2.70. The van der Waals surface area contributed by atoms with Crippen LogP contribution in [0.4, 0.5) is 4.39 Å². The normalized spacial score (nSPS) is 12.0. The molecule has 0 radical (unpaired) electrons. The quantitative estimate of drug-likeness (QED) is 0.860. The Kier molecular flexibility index (Phi) is 5.98. The standard InChI is InChI=1S/C17H18FNO2S/c1-22-11-14-9-15(18)8-7-13(14)10-19-17(21)16(20)12-5-3-2-4-6-12/h2-9,16,20H,10-11H2,1H3,(H,19,21). The van der Waals surface area contributed by atoms with Crippen molar-refractivity contribution in [1.29, 1.82) is 0 Å². The molecule has 2 aromatic carbocycles. The molecule has 0 aromatic heterocycles. The summed E-state index contributed by atoms with van der Waals surface area (Å²) in [6.07, 6.45) is 0.734. The SMILES string of the molecule is CSCc1cc(F)ccc1CNC(=O)C(O)c1ccccc1. The van der Waals surface area contributed by atoms with E-state index < -0.39 is 12.0 Å². The van der Waals surface area contributed by atoms with Crippen molar-refractivity contribution in [2.24, 2.45) is 0 Å². The van der Waals surface area contributed by atoms with Crippen LogP contribution in [0.1, 0.15) is 22.8 Å². The predicted molar refractivity (Wildman–Crippen MR) is 86.9 cm³/mol. The highest BCUT2D eigenvalue weighted by Crippen LogP contribution is 2.17. The number of carbonyl (C=O) groups excluding carboxylic acids is 1. The molecule has 0 heterocycles. The van der Waals surface area contributed by atoms with E-state index in [1.807, 2.05) is 12.3 Å². The number of hydrogen-bond acceptors (Lipinski definition) is 3. The summed E-state index contributed by atoms with van der Waals surface area (Å²) >= 11 is 1.59. The van der Waals surface area contributed by atoms with E-state index in [1.54, 1.807) is 42.1 Å². The second kappa shape index (κ2) is 7.96. The Morgan fingerprint density at radius 3 is 2.64 bits per heavy atom. The number of benzene rings is 2. The number of halogens is 1. The molecule has 1 unspecified atom stereocenters. The number of nitrogens with one attached hydrogen (secondary N) is 1. The lowest BCUT2D eigenvalue weighted by Crippen LogP contribution is -2.29. The predicted octanol–water partition coefficient (Wildman–Crippen LogP) is 3.04. The van der Waals surface area contributed by atoms with E-state index in [9.17, 15) is 14.3 Å². The van der Waals surface area contributed by atoms with Crippen LogP contribution in [0.2, 0.25) is 0 Å². The van der Waals surface area contributed by atoms with Gasteiger partial charge in [-0.15, -0.1) is 0 Å². The molecule has 0 fully saturated rings. The first-order valence-electron chi connectivity index (χ1n) is 6.88. The molecule has 0 aliphatic heterocycles. The van der Waals surface area contributed by atoms with Gasteiger partial charge in [0.15, 0.2) is 6.10 Å². The van der Waals surface area contributed by atoms with Crippen molar-refractivity contribution in [2.75, 3.05) is 6.26 Å². The highest BCUT2D eigenvalue weighted by Gasteiger charge is 2.17. The van der Waals surface area contributed by atoms with Crippen LogP contribution in [-0.4, -0.2) is 17.3 Å². The molecular weight excluding hydrogens is 301 g/mol. The first-order chi connectivity index (χ1) is 10.6. The Morgan fingerprint density at radius 1 is 1.23 bits per heavy atom. The molecule has 1 atom stereocenters. The minimum Gasteiger partial charge on any atom is -0.378 e. The molecule has 2 aromatic rings. The summed E-state index contributed by atoms with van der Waals surface area (Å²) in [5.74, 6) is -0.0847. The fourth-order valence-electron chi connectivity index (χ4n) is 2.12. The molecule has 0 saturated heterocycles. The zero-order valence-corrected chi connectivity index (χ0v) is 13.1. The van der Waals surface area contributed by atoms with E-state index in [1.165, 1.54) is 12.1 Å². The maximum absolute atomic E-state index is 13.3. The molecule has 3 nitrogen and oxygen atoms in total. The maximum Gasteiger partial charge on any atom is 0.253 e. The molecular formula is C17H18FNO2S. The van der Waals surface area contributed by atoms with Crippen LogP contribution in [0.5, 0.6) is 0 Å². The number of amides is 1. The molecule has 22 heavy (non-hydrogen) atoms. The highest BCUT2D eigenvalue weighted by atomic mass is 32.2. The van der Waals surface area contributed by atoms with Gasteiger partial charge in [-0.3, -0.25) is 4.79 Å². The van der Waals surface area contributed by atoms with Gasteiger partial charge in [-0.1, -0.05) is 36.4 Å². The van der Waals surface area contributed by atoms with E-state index >= 15 is 0 Å². The summed E-state index contributed by atoms with van der Waals surface area (Å²) in [4.78, 5) is 12.0. The summed E-state index contributed by atoms with van der Waals surface area (Å²) in [6.45, 7) is 0.263. The Hall–Kier alpha value is -1.85. The van der Waals surface area contributed by atoms with Gasteiger partial charge in [-0.2, -0.15) is 11.8 Å². The van der Waals surface area contributed by atoms with Crippen LogP contribution in [0.3, 0.4) is 0 Å². The summed E-state index contributed by atoms with van der Waals surface area (Å²) in [7, 11) is 0. The number of aliphatic hydroxyl groups excluding tert-OH is 1. The lowest BCUT2D eigenvalue weighted by Gasteiger charge is -2.13. The molecule has 1 amide bonds. The first-order valence-corrected chi connectivity index (χ1v) is 8.28. The van der Waals surface area contributed by atoms with Gasteiger partial charge >= 0.3 is 0 Å². The topological polar surface area (TPSA) is 49.3 Å². The molecule has 0 saturated carbocycles. The molecule has 0 bridgehead atoms. The van der Waals surface area contributed by atoms with Gasteiger partial charge in [-0.25, -0.2) is 4.39 Å². The Labute approximate surface area is 133 Å². The number of aliphatic hydroxyl groups is 1. The van der Waals surface area contributed by atoms with E-state index in [4.69, 9.17) is 0 Å². The second-order valence-corrected chi connectivity index (χ2v) is 5.74. The molecule has 0 spiro atoms. The molecule has 0 aliphatic carbocycles. The fraction of sp³-hybridized carbons (Fsp3) is 0.235. The van der Waals surface area contributed by atoms with Crippen molar-refractivity contribution in [3.8, 4) is 0 Å². The average molecular weight is 319 g/mol. The van der Waals surface area contributed by atoms with Gasteiger partial charge in [0, 0.05) is 12.3 Å². The minimum absolute atomic E-state index is 0.263. The first kappa shape index (κ1) is 16.5. The molecule has 116 valence electrons. The molecule has 0 aliphatic rings. The molecule has 2 rings (SSSR count). The van der Waals surface area contributed by atoms with Gasteiger partial charge in [0.25, 0.3) is 5.91 Å². The van der Waals surface area contributed by atoms with E-state index in [-0.39, 0.29) is 12.4 Å². The van der Waals surface area contributed by atoms with Crippen LogP contribution in [0.15, 0.2) is 48.5 Å². The van der Waals surface area contributed by atoms with Crippen LogP contribution in [0.25, 0.3) is 0 Å². The average Bonchev–Trinajstić information content (AvgIpc) is 2.54. The van der Waals surface area contributed by atoms with E-state index in [0.717, 1.165) is 11.1 Å². The zero-order valence-electron chi connectivity index (χ0n) is 12.3. The summed E-state index contributed by atoms with van der Waals surface area (Å²) in [6, 6.07) is 13.3. The summed E-state index contributed by atoms with van der Waals surface area (Å²) in [5.41, 5.74) is 2.25. The van der Waals surface area contributed by atoms with Crippen LogP contribution in [-0.2, 0) is 17.1 Å². The van der Waals surface area contributed by atoms with Crippen molar-refractivity contribution in [2.45, 2.75) is 18.4 Å². The number of carbonyl (C=O) groups is 1. The van der Waals surface area contributed by atoms with Crippen molar-refractivity contribution in [3.63, 3.8) is 0 Å². The third-order valence-electron chi connectivity index (χ3n) is 3.28. The summed E-state index contributed by atoms with van der Waals surface area (Å²) < 4.78 is 13.3. The minimum atomic E-state index is -1.20. The van der Waals surface area contributed by atoms with Crippen molar-refractivity contribution < 1.29 is 14.3 Å². The zero-order chi connectivity index (χ0) is 15.9. The monoisotopic (exact) mass is 319 g/mol. The number of rotatable bonds is 6. The van der Waals surface area contributed by atoms with E-state index in [2.05, 4.69) is 5.32 Å². The Morgan fingerprint density at radius 2 is 1.95 bits per heavy atom. The van der Waals surface area contributed by atoms with Crippen molar-refractivity contribution in [1.82, 2.24) is 5.32 Å². The van der Waals surface area contributed by atoms with Gasteiger partial charge in [0.05, 0.1) is 0 Å². The van der Waals surface area contributed by atoms with Crippen molar-refractivity contribution in [3.05, 3.63) is 71.0 Å². The van der Waals surface area contributed by atoms with Crippen LogP contribution < -0.4 is 5.32 Å². The lowest BCUT2D eigenvalue weighted by atomic mass is 10.1. The third-order valence-corrected chi connectivity index (χ3v) is 3.88. The number of thioether (sulfide) groups is 1. The van der Waals surface area contributed by atoms with Crippen LogP contribution in [0, 0.1) is 5.82 Å². The smallest absolute Gasteiger partial charge is 0.253 e. The number of hydrogen-bond donors (Lipinski definition) is 2. The maximum atomic E-state index is 13.3.